The van der Waals surface area contributed by atoms with Crippen molar-refractivity contribution in [3.05, 3.63) is 91.8 Å². The van der Waals surface area contributed by atoms with Crippen LogP contribution in [0.3, 0.4) is 0 Å². The summed E-state index contributed by atoms with van der Waals surface area (Å²) in [6.45, 7) is 2.29. The van der Waals surface area contributed by atoms with Gasteiger partial charge in [-0.25, -0.2) is 0 Å². The van der Waals surface area contributed by atoms with E-state index in [-0.39, 0.29) is 30.6 Å². The van der Waals surface area contributed by atoms with Crippen molar-refractivity contribution in [2.45, 2.75) is 38.8 Å². The molecule has 0 unspecified atom stereocenters. The number of aromatic nitrogens is 3. The maximum Gasteiger partial charge on any atom is 0.303 e. The van der Waals surface area contributed by atoms with Crippen molar-refractivity contribution >= 4 is 57.8 Å². The monoisotopic (exact) mass is 582 g/mol. The standard InChI is InChI=1S/C27H24Cl2N6O3S/c1-2-15-12-18-24(16-5-3-4-6-19(16)29)31-13-22-33-34-25(35(22)27(18)39-15)21(9-10-23(36)37)32-26(38)17-8-7-14(28)11-20(17)30/h3-8,11-12,21H,2,9-10,13,30H2,1H3,(H,32,38)(H,36,37)/t21-/m1/s1. The summed E-state index contributed by atoms with van der Waals surface area (Å²) in [4.78, 5) is 30.8. The number of anilines is 1. The van der Waals surface area contributed by atoms with E-state index in [1.54, 1.807) is 17.4 Å². The molecule has 4 aromatic rings. The van der Waals surface area contributed by atoms with Crippen LogP contribution >= 0.6 is 34.5 Å². The van der Waals surface area contributed by atoms with Crippen LogP contribution < -0.4 is 11.1 Å². The average molecular weight is 584 g/mol. The second-order valence-electron chi connectivity index (χ2n) is 8.93. The number of nitrogen functional groups attached to an aromatic ring is 1. The van der Waals surface area contributed by atoms with E-state index in [1.165, 1.54) is 12.1 Å². The number of nitrogens with two attached hydrogens (primary N) is 1. The number of nitrogens with zero attached hydrogens (tertiary/aromatic N) is 4. The van der Waals surface area contributed by atoms with Gasteiger partial charge in [0, 0.05) is 38.2 Å². The van der Waals surface area contributed by atoms with Gasteiger partial charge in [-0.3, -0.25) is 19.1 Å². The molecule has 2 aromatic carbocycles. The van der Waals surface area contributed by atoms with E-state index in [1.807, 2.05) is 28.8 Å². The Morgan fingerprint density at radius 1 is 1.15 bits per heavy atom. The molecular weight excluding hydrogens is 559 g/mol. The van der Waals surface area contributed by atoms with Gasteiger partial charge in [-0.1, -0.05) is 48.3 Å². The first-order valence-electron chi connectivity index (χ1n) is 12.2. The zero-order valence-corrected chi connectivity index (χ0v) is 23.1. The predicted octanol–water partition coefficient (Wildman–Crippen LogP) is 5.47. The molecule has 4 N–H and O–H groups in total. The van der Waals surface area contributed by atoms with Gasteiger partial charge in [0.2, 0.25) is 0 Å². The number of carboxylic acids is 1. The first-order valence-corrected chi connectivity index (χ1v) is 13.8. The van der Waals surface area contributed by atoms with E-state index in [4.69, 9.17) is 33.9 Å². The third kappa shape index (κ3) is 5.40. The van der Waals surface area contributed by atoms with E-state index in [0.717, 1.165) is 33.1 Å². The molecule has 0 bridgehead atoms. The molecule has 0 aliphatic carbocycles. The molecule has 1 amide bonds. The fourth-order valence-corrected chi connectivity index (χ4v) is 5.98. The largest absolute Gasteiger partial charge is 0.481 e. The van der Waals surface area contributed by atoms with E-state index in [0.29, 0.717) is 21.7 Å². The Labute approximate surface area is 238 Å². The molecule has 0 spiro atoms. The first kappa shape index (κ1) is 26.9. The summed E-state index contributed by atoms with van der Waals surface area (Å²) in [6, 6.07) is 13.4. The van der Waals surface area contributed by atoms with Gasteiger partial charge in [-0.15, -0.1) is 21.5 Å². The minimum absolute atomic E-state index is 0.0896. The highest BCUT2D eigenvalue weighted by Crippen LogP contribution is 2.36. The molecule has 12 heteroatoms. The lowest BCUT2D eigenvalue weighted by Gasteiger charge is -2.19. The number of benzene rings is 2. The number of aliphatic imine (C=N–C) groups is 1. The second kappa shape index (κ2) is 11.2. The van der Waals surface area contributed by atoms with Gasteiger partial charge < -0.3 is 16.2 Å². The van der Waals surface area contributed by atoms with Crippen molar-refractivity contribution in [3.63, 3.8) is 0 Å². The van der Waals surface area contributed by atoms with Gasteiger partial charge in [-0.2, -0.15) is 0 Å². The van der Waals surface area contributed by atoms with Gasteiger partial charge >= 0.3 is 5.97 Å². The lowest BCUT2D eigenvalue weighted by molar-refractivity contribution is -0.137. The fraction of sp³-hybridized carbons (Fsp3) is 0.222. The molecule has 3 heterocycles. The van der Waals surface area contributed by atoms with Crippen LogP contribution in [0, 0.1) is 0 Å². The Hall–Kier alpha value is -3.73. The number of thiophene rings is 1. The number of amides is 1. The summed E-state index contributed by atoms with van der Waals surface area (Å²) >= 11 is 14.1. The molecule has 1 aliphatic heterocycles. The summed E-state index contributed by atoms with van der Waals surface area (Å²) in [5.74, 6) is -0.489. The van der Waals surface area contributed by atoms with Crippen LogP contribution in [-0.2, 0) is 17.8 Å². The van der Waals surface area contributed by atoms with Crippen LogP contribution in [0.15, 0.2) is 53.5 Å². The molecule has 0 saturated heterocycles. The van der Waals surface area contributed by atoms with E-state index in [9.17, 15) is 14.7 Å². The molecular formula is C27H24Cl2N6O3S. The Morgan fingerprint density at radius 3 is 2.67 bits per heavy atom. The maximum atomic E-state index is 13.3. The van der Waals surface area contributed by atoms with Gasteiger partial charge in [0.15, 0.2) is 11.6 Å². The number of fused-ring (bicyclic) bond motifs is 3. The lowest BCUT2D eigenvalue weighted by Crippen LogP contribution is -2.31. The van der Waals surface area contributed by atoms with Crippen LogP contribution in [0.1, 0.15) is 63.8 Å². The van der Waals surface area contributed by atoms with Crippen LogP contribution in [0.2, 0.25) is 10.0 Å². The number of nitrogens with one attached hydrogen (secondary N) is 1. The maximum absolute atomic E-state index is 13.3. The number of hydrogen-bond acceptors (Lipinski definition) is 7. The molecule has 9 nitrogen and oxygen atoms in total. The summed E-state index contributed by atoms with van der Waals surface area (Å²) in [7, 11) is 0. The SMILES string of the molecule is CCc1cc2c(s1)-n1c(nnc1[C@@H](CCC(=O)O)NC(=O)c1ccc(Cl)cc1N)CN=C2c1ccccc1Cl. The third-order valence-corrected chi connectivity index (χ3v) is 8.18. The van der Waals surface area contributed by atoms with Crippen LogP contribution in [0.5, 0.6) is 0 Å². The van der Waals surface area contributed by atoms with E-state index >= 15 is 0 Å². The fourth-order valence-electron chi connectivity index (χ4n) is 4.45. The summed E-state index contributed by atoms with van der Waals surface area (Å²) in [5, 5.41) is 23.0. The number of halogens is 2. The molecule has 0 fully saturated rings. The Bertz CT molecular complexity index is 1610. The molecule has 0 radical (unpaired) electrons. The quantitative estimate of drug-likeness (QED) is 0.236. The molecule has 2 aromatic heterocycles. The highest BCUT2D eigenvalue weighted by Gasteiger charge is 2.30. The third-order valence-electron chi connectivity index (χ3n) is 6.35. The smallest absolute Gasteiger partial charge is 0.303 e. The normalized spacial score (nSPS) is 13.2. The number of aliphatic carboxylic acids is 1. The Kier molecular flexibility index (Phi) is 7.69. The zero-order valence-electron chi connectivity index (χ0n) is 20.8. The molecule has 39 heavy (non-hydrogen) atoms. The van der Waals surface area contributed by atoms with Crippen molar-refractivity contribution in [1.82, 2.24) is 20.1 Å². The van der Waals surface area contributed by atoms with Crippen LogP contribution in [0.25, 0.3) is 5.00 Å². The highest BCUT2D eigenvalue weighted by atomic mass is 35.5. The van der Waals surface area contributed by atoms with Gasteiger partial charge in [0.1, 0.15) is 11.5 Å². The molecule has 0 saturated carbocycles. The van der Waals surface area contributed by atoms with Crippen molar-refractivity contribution in [2.75, 3.05) is 5.73 Å². The van der Waals surface area contributed by atoms with Crippen molar-refractivity contribution in [3.8, 4) is 5.00 Å². The van der Waals surface area contributed by atoms with Gasteiger partial charge in [0.05, 0.1) is 17.3 Å². The van der Waals surface area contributed by atoms with E-state index in [2.05, 4.69) is 28.5 Å². The molecule has 1 aliphatic rings. The van der Waals surface area contributed by atoms with E-state index < -0.39 is 17.9 Å². The predicted molar refractivity (Wildman–Crippen MR) is 152 cm³/mol. The molecule has 5 rings (SSSR count). The Morgan fingerprint density at radius 2 is 1.95 bits per heavy atom. The average Bonchev–Trinajstić information content (AvgIpc) is 3.48. The lowest BCUT2D eigenvalue weighted by atomic mass is 10.0. The van der Waals surface area contributed by atoms with Crippen LogP contribution in [0.4, 0.5) is 5.69 Å². The topological polar surface area (TPSA) is 135 Å². The minimum atomic E-state index is -0.995. The van der Waals surface area contributed by atoms with Crippen molar-refractivity contribution in [2.24, 2.45) is 4.99 Å². The second-order valence-corrected chi connectivity index (χ2v) is 10.9. The first-order chi connectivity index (χ1) is 18.8. The molecule has 200 valence electrons. The van der Waals surface area contributed by atoms with Gasteiger partial charge in [0.25, 0.3) is 5.91 Å². The number of carbonyl (C=O) groups is 2. The summed E-state index contributed by atoms with van der Waals surface area (Å²) in [6.07, 6.45) is 0.698. The van der Waals surface area contributed by atoms with Crippen molar-refractivity contribution < 1.29 is 14.7 Å². The minimum Gasteiger partial charge on any atom is -0.481 e. The van der Waals surface area contributed by atoms with Crippen molar-refractivity contribution in [1.29, 1.82) is 0 Å². The number of aryl methyl sites for hydroxylation is 1. The Balaban J connectivity index is 1.60. The summed E-state index contributed by atoms with van der Waals surface area (Å²) < 4.78 is 1.88. The summed E-state index contributed by atoms with van der Waals surface area (Å²) in [5.41, 5.74) is 8.89. The zero-order chi connectivity index (χ0) is 27.7. The number of hydrogen-bond donors (Lipinski definition) is 3. The van der Waals surface area contributed by atoms with Gasteiger partial charge in [-0.05, 0) is 43.2 Å². The number of carbonyl (C=O) groups excluding carboxylic acids is 1. The highest BCUT2D eigenvalue weighted by molar-refractivity contribution is 7.15. The number of rotatable bonds is 8. The number of carboxylic acid groups (broad SMARTS) is 1. The molecule has 1 atom stereocenters. The van der Waals surface area contributed by atoms with Crippen LogP contribution in [-0.4, -0.2) is 37.5 Å².